The third kappa shape index (κ3) is 23.7. The molecule has 0 aliphatic heterocycles. The van der Waals surface area contributed by atoms with Gasteiger partial charge >= 0.3 is 11.9 Å². The van der Waals surface area contributed by atoms with E-state index in [9.17, 15) is 9.59 Å². The zero-order valence-corrected chi connectivity index (χ0v) is 13.7. The first-order valence-corrected chi connectivity index (χ1v) is 7.09. The molecule has 0 aliphatic carbocycles. The Morgan fingerprint density at radius 2 is 1.76 bits per heavy atom. The van der Waals surface area contributed by atoms with Gasteiger partial charge in [0, 0.05) is 13.0 Å². The predicted molar refractivity (Wildman–Crippen MR) is 87.7 cm³/mol. The van der Waals surface area contributed by atoms with Crippen molar-refractivity contribution in [1.29, 1.82) is 0 Å². The fraction of sp³-hybridized carbons (Fsp3) is 0.529. The van der Waals surface area contributed by atoms with Gasteiger partial charge in [-0.3, -0.25) is 4.79 Å². The summed E-state index contributed by atoms with van der Waals surface area (Å²) in [4.78, 5) is 20.5. The molecule has 0 radical (unpaired) electrons. The van der Waals surface area contributed by atoms with Gasteiger partial charge in [0.1, 0.15) is 0 Å². The first kappa shape index (κ1) is 24.2. The first-order chi connectivity index (χ1) is 10.0. The molecule has 1 unspecified atom stereocenters. The molecule has 0 fully saturated rings. The molecular weight excluding hydrogens is 268 g/mol. The van der Waals surface area contributed by atoms with Crippen LogP contribution in [0.3, 0.4) is 0 Å². The lowest BCUT2D eigenvalue weighted by atomic mass is 10.0. The number of esters is 2. The van der Waals surface area contributed by atoms with Crippen molar-refractivity contribution >= 4 is 11.9 Å². The van der Waals surface area contributed by atoms with E-state index in [1.165, 1.54) is 25.8 Å². The highest BCUT2D eigenvalue weighted by molar-refractivity contribution is 5.81. The average molecular weight is 298 g/mol. The zero-order valence-electron chi connectivity index (χ0n) is 13.7. The van der Waals surface area contributed by atoms with Crippen LogP contribution in [0.25, 0.3) is 0 Å². The summed E-state index contributed by atoms with van der Waals surface area (Å²) in [5.74, 6) is -0.121. The van der Waals surface area contributed by atoms with Gasteiger partial charge in [-0.25, -0.2) is 4.79 Å². The van der Waals surface area contributed by atoms with Crippen LogP contribution in [0.15, 0.2) is 38.7 Å². The van der Waals surface area contributed by atoms with Crippen molar-refractivity contribution in [3.8, 4) is 0 Å². The smallest absolute Gasteiger partial charge is 0.330 e. The lowest BCUT2D eigenvalue weighted by Crippen LogP contribution is -2.12. The molecule has 122 valence electrons. The first-order valence-electron chi connectivity index (χ1n) is 7.09. The molecule has 4 heteroatoms. The van der Waals surface area contributed by atoms with Crippen LogP contribution in [0.5, 0.6) is 0 Å². The maximum atomic E-state index is 10.8. The summed E-state index contributed by atoms with van der Waals surface area (Å²) in [5, 5.41) is 0. The van der Waals surface area contributed by atoms with Crippen LogP contribution in [0.2, 0.25) is 0 Å². The molecule has 0 bridgehead atoms. The molecular formula is C17H30O4. The van der Waals surface area contributed by atoms with Crippen molar-refractivity contribution < 1.29 is 19.1 Å². The van der Waals surface area contributed by atoms with Gasteiger partial charge in [-0.15, -0.1) is 13.2 Å². The number of rotatable bonds is 8. The Balaban J connectivity index is -0.000000339. The second-order valence-electron chi connectivity index (χ2n) is 4.03. The van der Waals surface area contributed by atoms with Gasteiger partial charge in [-0.05, 0) is 12.3 Å². The Hall–Kier alpha value is -1.84. The predicted octanol–water partition coefficient (Wildman–Crippen LogP) is 4.43. The number of hydrogen-bond acceptors (Lipinski definition) is 4. The van der Waals surface area contributed by atoms with Crippen molar-refractivity contribution in [1.82, 2.24) is 0 Å². The van der Waals surface area contributed by atoms with E-state index in [2.05, 4.69) is 44.9 Å². The highest BCUT2D eigenvalue weighted by Crippen LogP contribution is 2.12. The standard InChI is InChI=1S/C11H20O2.C4H6O2.C2H4/c1-4-7-8-10(5-2)9-13-11(12)6-3;1-3-6-4(2)5;1-2/h6,10H,3-5,7-9H2,1-2H3;3H,1H2,2H3;1-2H2. The van der Waals surface area contributed by atoms with Crippen molar-refractivity contribution in [3.63, 3.8) is 0 Å². The van der Waals surface area contributed by atoms with Crippen molar-refractivity contribution in [2.45, 2.75) is 46.5 Å². The normalized spacial score (nSPS) is 9.67. The van der Waals surface area contributed by atoms with Gasteiger partial charge in [-0.2, -0.15) is 0 Å². The van der Waals surface area contributed by atoms with Gasteiger partial charge in [0.25, 0.3) is 0 Å². The monoisotopic (exact) mass is 298 g/mol. The third-order valence-corrected chi connectivity index (χ3v) is 2.42. The number of hydrogen-bond donors (Lipinski definition) is 0. The van der Waals surface area contributed by atoms with Crippen molar-refractivity contribution in [3.05, 3.63) is 38.7 Å². The average Bonchev–Trinajstić information content (AvgIpc) is 2.49. The Kier molecular flexibility index (Phi) is 23.6. The van der Waals surface area contributed by atoms with Crippen LogP contribution in [0, 0.1) is 5.92 Å². The maximum absolute atomic E-state index is 10.8. The Morgan fingerprint density at radius 1 is 1.19 bits per heavy atom. The van der Waals surface area contributed by atoms with Crippen molar-refractivity contribution in [2.75, 3.05) is 6.61 Å². The van der Waals surface area contributed by atoms with Crippen LogP contribution >= 0.6 is 0 Å². The molecule has 21 heavy (non-hydrogen) atoms. The number of carbonyl (C=O) groups excluding carboxylic acids is 2. The van der Waals surface area contributed by atoms with Gasteiger partial charge < -0.3 is 9.47 Å². The van der Waals surface area contributed by atoms with Crippen LogP contribution in [0.4, 0.5) is 0 Å². The minimum Gasteiger partial charge on any atom is -0.462 e. The van der Waals surface area contributed by atoms with Crippen LogP contribution in [-0.4, -0.2) is 18.5 Å². The molecule has 0 N–H and O–H groups in total. The lowest BCUT2D eigenvalue weighted by molar-refractivity contribution is -0.139. The minimum absolute atomic E-state index is 0.310. The summed E-state index contributed by atoms with van der Waals surface area (Å²) in [5.41, 5.74) is 0. The highest BCUT2D eigenvalue weighted by atomic mass is 16.5. The van der Waals surface area contributed by atoms with Crippen LogP contribution in [0.1, 0.15) is 46.5 Å². The zero-order chi connectivity index (χ0) is 17.1. The molecule has 0 amide bonds. The summed E-state index contributed by atoms with van der Waals surface area (Å²) in [7, 11) is 0. The Labute approximate surface area is 129 Å². The second-order valence-corrected chi connectivity index (χ2v) is 4.03. The SMILES string of the molecule is C=C.C=CC(=O)OCC(CC)CCCC.C=COC(C)=O. The van der Waals surface area contributed by atoms with E-state index >= 15 is 0 Å². The minimum atomic E-state index is -0.329. The molecule has 0 saturated carbocycles. The molecule has 0 aromatic carbocycles. The van der Waals surface area contributed by atoms with E-state index in [0.717, 1.165) is 19.1 Å². The molecule has 4 nitrogen and oxygen atoms in total. The van der Waals surface area contributed by atoms with Crippen molar-refractivity contribution in [2.24, 2.45) is 5.92 Å². The summed E-state index contributed by atoms with van der Waals surface area (Å²) in [6.07, 6.45) is 6.95. The molecule has 0 aliphatic rings. The quantitative estimate of drug-likeness (QED) is 0.288. The Bertz CT molecular complexity index is 285. The molecule has 0 rings (SSSR count). The van der Waals surface area contributed by atoms with E-state index in [1.54, 1.807) is 0 Å². The van der Waals surface area contributed by atoms with E-state index in [-0.39, 0.29) is 11.9 Å². The van der Waals surface area contributed by atoms with E-state index in [0.29, 0.717) is 12.5 Å². The summed E-state index contributed by atoms with van der Waals surface area (Å²) < 4.78 is 9.15. The van der Waals surface area contributed by atoms with E-state index in [1.807, 2.05) is 0 Å². The fourth-order valence-corrected chi connectivity index (χ4v) is 1.27. The van der Waals surface area contributed by atoms with Gasteiger partial charge in [0.2, 0.25) is 0 Å². The molecule has 0 aromatic rings. The summed E-state index contributed by atoms with van der Waals surface area (Å²) >= 11 is 0. The molecule has 0 aromatic heterocycles. The third-order valence-electron chi connectivity index (χ3n) is 2.42. The van der Waals surface area contributed by atoms with Gasteiger partial charge in [-0.1, -0.05) is 46.3 Å². The number of unbranched alkanes of at least 4 members (excludes halogenated alkanes) is 1. The topological polar surface area (TPSA) is 52.6 Å². The molecule has 0 heterocycles. The maximum Gasteiger partial charge on any atom is 0.330 e. The highest BCUT2D eigenvalue weighted by Gasteiger charge is 2.07. The summed E-state index contributed by atoms with van der Waals surface area (Å²) in [6.45, 7) is 18.7. The van der Waals surface area contributed by atoms with E-state index in [4.69, 9.17) is 4.74 Å². The summed E-state index contributed by atoms with van der Waals surface area (Å²) in [6, 6.07) is 0. The van der Waals surface area contributed by atoms with E-state index < -0.39 is 0 Å². The molecule has 0 spiro atoms. The van der Waals surface area contributed by atoms with Gasteiger partial charge in [0.05, 0.1) is 12.9 Å². The molecule has 0 saturated heterocycles. The lowest BCUT2D eigenvalue weighted by Gasteiger charge is -2.13. The number of ether oxygens (including phenoxy) is 2. The largest absolute Gasteiger partial charge is 0.462 e. The fourth-order valence-electron chi connectivity index (χ4n) is 1.27. The molecule has 1 atom stereocenters. The van der Waals surface area contributed by atoms with Crippen LogP contribution in [-0.2, 0) is 19.1 Å². The van der Waals surface area contributed by atoms with Crippen LogP contribution < -0.4 is 0 Å². The number of carbonyl (C=O) groups is 2. The van der Waals surface area contributed by atoms with Gasteiger partial charge in [0.15, 0.2) is 0 Å². The second kappa shape index (κ2) is 20.5. The Morgan fingerprint density at radius 3 is 2.05 bits per heavy atom.